The molecule has 0 unspecified atom stereocenters. The molecule has 2 heterocycles. The lowest BCUT2D eigenvalue weighted by Gasteiger charge is -2.17. The van der Waals surface area contributed by atoms with E-state index in [-0.39, 0.29) is 23.8 Å². The fourth-order valence-corrected chi connectivity index (χ4v) is 3.29. The molecule has 2 atom stereocenters. The molecule has 0 saturated carbocycles. The van der Waals surface area contributed by atoms with Gasteiger partial charge < -0.3 is 10.1 Å². The molecule has 1 N–H and O–H groups in total. The molecular formula is C19H24FN3O2. The number of para-hydroxylation sites is 1. The average Bonchev–Trinajstić information content (AvgIpc) is 3.09. The monoisotopic (exact) mass is 345 g/mol. The van der Waals surface area contributed by atoms with Gasteiger partial charge in [0.2, 0.25) is 0 Å². The number of nitrogens with one attached hydrogen (secondary N) is 1. The Morgan fingerprint density at radius 1 is 1.44 bits per heavy atom. The highest BCUT2D eigenvalue weighted by molar-refractivity contribution is 5.95. The van der Waals surface area contributed by atoms with Gasteiger partial charge in [-0.25, -0.2) is 4.39 Å². The van der Waals surface area contributed by atoms with Gasteiger partial charge in [0.1, 0.15) is 6.10 Å². The zero-order valence-corrected chi connectivity index (χ0v) is 15.0. The van der Waals surface area contributed by atoms with Crippen LogP contribution in [0, 0.1) is 11.7 Å². The number of hydrogen-bond donors (Lipinski definition) is 1. The van der Waals surface area contributed by atoms with Crippen molar-refractivity contribution < 1.29 is 13.9 Å². The maximum Gasteiger partial charge on any atom is 0.255 e. The molecule has 0 bridgehead atoms. The number of amides is 1. The maximum absolute atomic E-state index is 13.9. The molecule has 5 nitrogen and oxygen atoms in total. The van der Waals surface area contributed by atoms with Gasteiger partial charge in [-0.2, -0.15) is 5.10 Å². The zero-order chi connectivity index (χ0) is 18.1. The van der Waals surface area contributed by atoms with Crippen LogP contribution >= 0.6 is 0 Å². The fraction of sp³-hybridized carbons (Fsp3) is 0.474. The summed E-state index contributed by atoms with van der Waals surface area (Å²) < 4.78 is 21.4. The number of ether oxygens (including phenoxy) is 1. The van der Waals surface area contributed by atoms with E-state index in [0.29, 0.717) is 17.0 Å². The third kappa shape index (κ3) is 3.25. The first-order valence-corrected chi connectivity index (χ1v) is 8.73. The second-order valence-corrected chi connectivity index (χ2v) is 6.87. The van der Waals surface area contributed by atoms with Crippen LogP contribution in [0.4, 0.5) is 4.39 Å². The fourth-order valence-electron chi connectivity index (χ4n) is 3.29. The van der Waals surface area contributed by atoms with Crippen molar-refractivity contribution in [2.45, 2.75) is 52.8 Å². The molecule has 1 aliphatic rings. The molecule has 0 saturated heterocycles. The number of hydrogen-bond acceptors (Lipinski definition) is 3. The van der Waals surface area contributed by atoms with Gasteiger partial charge in [-0.05, 0) is 25.3 Å². The lowest BCUT2D eigenvalue weighted by atomic mass is 10.0. The lowest BCUT2D eigenvalue weighted by Crippen LogP contribution is -2.34. The molecule has 1 aliphatic heterocycles. The zero-order valence-electron chi connectivity index (χ0n) is 15.0. The largest absolute Gasteiger partial charge is 0.485 e. The summed E-state index contributed by atoms with van der Waals surface area (Å²) in [7, 11) is 0. The smallest absolute Gasteiger partial charge is 0.255 e. The van der Waals surface area contributed by atoms with E-state index in [1.54, 1.807) is 18.3 Å². The van der Waals surface area contributed by atoms with Crippen molar-refractivity contribution in [3.63, 3.8) is 0 Å². The number of rotatable bonds is 5. The molecule has 3 rings (SSSR count). The predicted octanol–water partition coefficient (Wildman–Crippen LogP) is 3.49. The summed E-state index contributed by atoms with van der Waals surface area (Å²) in [5.74, 6) is 0.0650. The Hall–Kier alpha value is -2.37. The molecule has 25 heavy (non-hydrogen) atoms. The van der Waals surface area contributed by atoms with Crippen LogP contribution in [0.15, 0.2) is 24.4 Å². The van der Waals surface area contributed by atoms with Crippen molar-refractivity contribution in [2.24, 2.45) is 5.92 Å². The number of aromatic nitrogens is 2. The number of benzene rings is 1. The number of halogens is 1. The normalized spacial score (nSPS) is 19.0. The van der Waals surface area contributed by atoms with Crippen molar-refractivity contribution in [1.29, 1.82) is 0 Å². The first-order chi connectivity index (χ1) is 11.9. The topological polar surface area (TPSA) is 56.1 Å². The van der Waals surface area contributed by atoms with Crippen molar-refractivity contribution in [3.05, 3.63) is 47.0 Å². The second kappa shape index (κ2) is 6.86. The first kappa shape index (κ1) is 17.5. The molecular weight excluding hydrogens is 321 g/mol. The van der Waals surface area contributed by atoms with E-state index in [0.717, 1.165) is 18.7 Å². The summed E-state index contributed by atoms with van der Waals surface area (Å²) >= 11 is 0. The molecule has 1 aromatic carbocycles. The van der Waals surface area contributed by atoms with Crippen molar-refractivity contribution in [3.8, 4) is 5.75 Å². The van der Waals surface area contributed by atoms with Gasteiger partial charge in [0.05, 0.1) is 23.5 Å². The molecule has 134 valence electrons. The minimum atomic E-state index is -0.403. The summed E-state index contributed by atoms with van der Waals surface area (Å²) in [4.78, 5) is 12.8. The summed E-state index contributed by atoms with van der Waals surface area (Å²) in [6.45, 7) is 8.84. The van der Waals surface area contributed by atoms with Crippen LogP contribution in [0.5, 0.6) is 5.75 Å². The average molecular weight is 345 g/mol. The van der Waals surface area contributed by atoms with Gasteiger partial charge in [0.15, 0.2) is 11.6 Å². The number of nitrogens with zero attached hydrogens (tertiary/aromatic N) is 2. The Morgan fingerprint density at radius 3 is 2.88 bits per heavy atom. The molecule has 0 spiro atoms. The van der Waals surface area contributed by atoms with E-state index in [1.807, 2.05) is 18.5 Å². The highest BCUT2D eigenvalue weighted by atomic mass is 19.1. The third-order valence-electron chi connectivity index (χ3n) is 4.46. The second-order valence-electron chi connectivity index (χ2n) is 6.87. The molecule has 0 radical (unpaired) electrons. The van der Waals surface area contributed by atoms with Crippen LogP contribution in [0.3, 0.4) is 0 Å². The van der Waals surface area contributed by atoms with Crippen LogP contribution in [0.2, 0.25) is 0 Å². The third-order valence-corrected chi connectivity index (χ3v) is 4.46. The van der Waals surface area contributed by atoms with E-state index in [2.05, 4.69) is 24.3 Å². The Kier molecular flexibility index (Phi) is 4.79. The Morgan fingerprint density at radius 2 is 2.20 bits per heavy atom. The number of carbonyl (C=O) groups is 1. The number of carbonyl (C=O) groups excluding carboxylic acids is 1. The lowest BCUT2D eigenvalue weighted by molar-refractivity contribution is 0.0906. The predicted molar refractivity (Wildman–Crippen MR) is 93.1 cm³/mol. The molecule has 0 fully saturated rings. The molecule has 0 aliphatic carbocycles. The van der Waals surface area contributed by atoms with Crippen LogP contribution in [-0.4, -0.2) is 21.8 Å². The molecule has 1 aromatic heterocycles. The van der Waals surface area contributed by atoms with Gasteiger partial charge >= 0.3 is 0 Å². The quantitative estimate of drug-likeness (QED) is 0.902. The van der Waals surface area contributed by atoms with Crippen LogP contribution < -0.4 is 10.1 Å². The van der Waals surface area contributed by atoms with Gasteiger partial charge in [-0.15, -0.1) is 0 Å². The van der Waals surface area contributed by atoms with E-state index in [1.165, 1.54) is 6.07 Å². The van der Waals surface area contributed by atoms with E-state index >= 15 is 0 Å². The van der Waals surface area contributed by atoms with Crippen molar-refractivity contribution in [1.82, 2.24) is 15.1 Å². The highest BCUT2D eigenvalue weighted by Crippen LogP contribution is 2.38. The van der Waals surface area contributed by atoms with Crippen LogP contribution in [-0.2, 0) is 13.0 Å². The Labute approximate surface area is 147 Å². The summed E-state index contributed by atoms with van der Waals surface area (Å²) in [5.41, 5.74) is 2.16. The van der Waals surface area contributed by atoms with E-state index < -0.39 is 5.82 Å². The van der Waals surface area contributed by atoms with Crippen molar-refractivity contribution in [2.75, 3.05) is 0 Å². The Balaban J connectivity index is 1.84. The minimum Gasteiger partial charge on any atom is -0.485 e. The van der Waals surface area contributed by atoms with Gasteiger partial charge in [-0.1, -0.05) is 32.9 Å². The van der Waals surface area contributed by atoms with E-state index in [9.17, 15) is 9.18 Å². The summed E-state index contributed by atoms with van der Waals surface area (Å²) in [5, 5.41) is 7.35. The maximum atomic E-state index is 13.9. The molecule has 2 aromatic rings. The summed E-state index contributed by atoms with van der Waals surface area (Å²) in [6, 6.07) is 4.40. The summed E-state index contributed by atoms with van der Waals surface area (Å²) in [6.07, 6.45) is 2.01. The van der Waals surface area contributed by atoms with Crippen molar-refractivity contribution >= 4 is 5.91 Å². The Bertz CT molecular complexity index is 785. The van der Waals surface area contributed by atoms with Gasteiger partial charge in [0, 0.05) is 12.1 Å². The number of fused-ring (bicyclic) bond motifs is 1. The van der Waals surface area contributed by atoms with Crippen LogP contribution in [0.25, 0.3) is 0 Å². The van der Waals surface area contributed by atoms with E-state index in [4.69, 9.17) is 4.74 Å². The van der Waals surface area contributed by atoms with Crippen LogP contribution in [0.1, 0.15) is 55.4 Å². The first-order valence-electron chi connectivity index (χ1n) is 8.73. The SMILES string of the molecule is CCc1c(C(=O)N[C@@H]2c3cccc(F)c3O[C@H]2C)cnn1CC(C)C. The van der Waals surface area contributed by atoms with Gasteiger partial charge in [-0.3, -0.25) is 9.48 Å². The minimum absolute atomic E-state index is 0.204. The highest BCUT2D eigenvalue weighted by Gasteiger charge is 2.35. The standard InChI is InChI=1S/C19H24FN3O2/c1-5-16-14(9-21-23(16)10-11(2)3)19(24)22-17-12(4)25-18-13(17)7-6-8-15(18)20/h6-9,11-12,17H,5,10H2,1-4H3,(H,22,24)/t12-,17-/m0/s1. The molecule has 1 amide bonds. The molecule has 6 heteroatoms. The van der Waals surface area contributed by atoms with Gasteiger partial charge in [0.25, 0.3) is 5.91 Å².